The number of nitrogens with one attached hydrogen (secondary N) is 2. The SMILES string of the molecule is CC1=C(c2ccc(C)c(C)c2)S(=O)(=O)NC1=NCC(=O)NCc1ccc(C)o1.NC[C@H]1O[C@H](O[C@H]2[C@H](O)[C@@H](O[C@H]3O[C@H](CO)[C@@H](O)[C@H](N)[C@H]3O)[C@H](N)C[C@@H]2N)[C@H](O)[C@@H](O)[C@@H]1O. The molecule has 17 N–H and O–H groups in total. The standard InChI is InChI=1S/C20H23N3O4S.C18H36N4O11/c1-12-5-7-16(9-13(12)2)19-15(4)20(23-28(19,25)26)22-11-18(24)21-10-17-8-6-14(3)27-17;19-2-6-10(25)12(27)13(28)18(30-6)33-16-5(21)1-4(20)15(14(16)29)32-17-11(26)8(22)9(24)7(3-23)31-17/h5-9H,10-11H2,1-4H3,(H,21,24)(H,22,23);4-18,23-29H,1-3,19-22H2/t;4-,5+,6-,7-,8+,9-,10-,11-,12+,13-,14-,15+,16-,17-,18-/m.1/s1. The number of amides is 1. The van der Waals surface area contributed by atoms with E-state index in [2.05, 4.69) is 15.0 Å². The highest BCUT2D eigenvalue weighted by molar-refractivity contribution is 8.00. The van der Waals surface area contributed by atoms with Crippen LogP contribution in [0.2, 0.25) is 0 Å². The van der Waals surface area contributed by atoms with Gasteiger partial charge in [-0.3, -0.25) is 14.5 Å². The van der Waals surface area contributed by atoms with Crippen molar-refractivity contribution in [1.82, 2.24) is 10.0 Å². The number of hydrogen-bond donors (Lipinski definition) is 13. The van der Waals surface area contributed by atoms with Gasteiger partial charge in [0.05, 0.1) is 19.2 Å². The number of aliphatic hydroxyl groups excluding tert-OH is 7. The average Bonchev–Trinajstić information content (AvgIpc) is 3.74. The first-order chi connectivity index (χ1) is 28.7. The lowest BCUT2D eigenvalue weighted by atomic mass is 9.84. The Kier molecular flexibility index (Phi) is 16.2. The summed E-state index contributed by atoms with van der Waals surface area (Å²) in [5, 5.41) is 73.6. The van der Waals surface area contributed by atoms with Crippen LogP contribution in [0.25, 0.3) is 4.91 Å². The average molecular weight is 886 g/mol. The Balaban J connectivity index is 0.000000234. The molecule has 6 rings (SSSR count). The van der Waals surface area contributed by atoms with Crippen molar-refractivity contribution in [2.75, 3.05) is 19.7 Å². The summed E-state index contributed by atoms with van der Waals surface area (Å²) in [5.74, 6) is 1.28. The number of aryl methyl sites for hydroxylation is 3. The summed E-state index contributed by atoms with van der Waals surface area (Å²) in [6, 6.07) is 6.25. The van der Waals surface area contributed by atoms with E-state index in [1.807, 2.05) is 39.0 Å². The van der Waals surface area contributed by atoms with Crippen LogP contribution in [0.15, 0.2) is 45.3 Å². The zero-order valence-corrected chi connectivity index (χ0v) is 35.0. The van der Waals surface area contributed by atoms with Gasteiger partial charge in [-0.1, -0.05) is 18.2 Å². The van der Waals surface area contributed by atoms with Gasteiger partial charge < -0.3 is 87.4 Å². The van der Waals surface area contributed by atoms with Crippen molar-refractivity contribution >= 4 is 26.7 Å². The molecule has 23 heteroatoms. The van der Waals surface area contributed by atoms with E-state index in [9.17, 15) is 49.0 Å². The molecular formula is C38H59N7O15S. The van der Waals surface area contributed by atoms with Crippen LogP contribution in [0, 0.1) is 20.8 Å². The van der Waals surface area contributed by atoms with E-state index in [1.54, 1.807) is 19.1 Å². The van der Waals surface area contributed by atoms with Crippen LogP contribution in [-0.2, 0) is 40.3 Å². The molecule has 1 aromatic carbocycles. The van der Waals surface area contributed by atoms with E-state index in [0.29, 0.717) is 16.9 Å². The van der Waals surface area contributed by atoms with Gasteiger partial charge in [0.15, 0.2) is 12.6 Å². The lowest BCUT2D eigenvalue weighted by Gasteiger charge is -2.48. The fourth-order valence-corrected chi connectivity index (χ4v) is 8.85. The molecule has 15 atom stereocenters. The molecule has 3 fully saturated rings. The smallest absolute Gasteiger partial charge is 0.264 e. The minimum Gasteiger partial charge on any atom is -0.465 e. The molecule has 22 nitrogen and oxygen atoms in total. The minimum absolute atomic E-state index is 0.0849. The molecule has 0 bridgehead atoms. The molecule has 3 aliphatic heterocycles. The fraction of sp³-hybridized carbons (Fsp3) is 0.632. The third-order valence-corrected chi connectivity index (χ3v) is 12.6. The molecule has 1 saturated carbocycles. The van der Waals surface area contributed by atoms with Gasteiger partial charge in [-0.05, 0) is 62.9 Å². The summed E-state index contributed by atoms with van der Waals surface area (Å²) in [6.45, 7) is 6.72. The van der Waals surface area contributed by atoms with Crippen LogP contribution in [-0.4, -0.2) is 167 Å². The molecule has 61 heavy (non-hydrogen) atoms. The van der Waals surface area contributed by atoms with Crippen molar-refractivity contribution in [2.24, 2.45) is 27.9 Å². The third-order valence-electron chi connectivity index (χ3n) is 11.1. The van der Waals surface area contributed by atoms with E-state index in [-0.39, 0.29) is 42.7 Å². The van der Waals surface area contributed by atoms with Crippen LogP contribution in [0.3, 0.4) is 0 Å². The zero-order chi connectivity index (χ0) is 45.1. The number of nitrogens with zero attached hydrogens (tertiary/aromatic N) is 1. The lowest BCUT2D eigenvalue weighted by molar-refractivity contribution is -0.332. The number of furan rings is 1. The van der Waals surface area contributed by atoms with Crippen molar-refractivity contribution in [3.8, 4) is 0 Å². The van der Waals surface area contributed by atoms with Crippen LogP contribution in [0.4, 0.5) is 0 Å². The van der Waals surface area contributed by atoms with E-state index in [1.165, 1.54) is 0 Å². The number of ether oxygens (including phenoxy) is 4. The van der Waals surface area contributed by atoms with E-state index in [4.69, 9.17) is 46.3 Å². The molecule has 2 aromatic rings. The Morgan fingerprint density at radius 3 is 2.03 bits per heavy atom. The maximum absolute atomic E-state index is 12.6. The Morgan fingerprint density at radius 1 is 0.836 bits per heavy atom. The number of hydrogen-bond acceptors (Lipinski definition) is 20. The number of carbonyl (C=O) groups is 1. The minimum atomic E-state index is -3.72. The van der Waals surface area contributed by atoms with E-state index in [0.717, 1.165) is 16.9 Å². The quantitative estimate of drug-likeness (QED) is 0.101. The van der Waals surface area contributed by atoms with Crippen LogP contribution in [0.1, 0.15) is 41.6 Å². The van der Waals surface area contributed by atoms with Gasteiger partial charge >= 0.3 is 0 Å². The monoisotopic (exact) mass is 885 g/mol. The molecule has 1 aromatic heterocycles. The van der Waals surface area contributed by atoms with Crippen molar-refractivity contribution in [2.45, 2.75) is 132 Å². The predicted octanol–water partition coefficient (Wildman–Crippen LogP) is -4.71. The van der Waals surface area contributed by atoms with Gasteiger partial charge in [0.25, 0.3) is 10.0 Å². The number of carbonyl (C=O) groups excluding carboxylic acids is 1. The largest absolute Gasteiger partial charge is 0.465 e. The molecular weight excluding hydrogens is 827 g/mol. The summed E-state index contributed by atoms with van der Waals surface area (Å²) in [4.78, 5) is 16.4. The van der Waals surface area contributed by atoms with Crippen LogP contribution >= 0.6 is 0 Å². The van der Waals surface area contributed by atoms with Gasteiger partial charge in [0, 0.05) is 24.2 Å². The van der Waals surface area contributed by atoms with Crippen LogP contribution < -0.4 is 33.0 Å². The highest BCUT2D eigenvalue weighted by Crippen LogP contribution is 2.33. The van der Waals surface area contributed by atoms with Crippen molar-refractivity contribution in [3.63, 3.8) is 0 Å². The van der Waals surface area contributed by atoms with Crippen molar-refractivity contribution < 1.29 is 72.3 Å². The first kappa shape index (κ1) is 48.6. The maximum atomic E-state index is 12.6. The van der Waals surface area contributed by atoms with Crippen molar-refractivity contribution in [1.29, 1.82) is 0 Å². The number of nitrogens with two attached hydrogens (primary N) is 4. The second-order valence-corrected chi connectivity index (χ2v) is 17.2. The Hall–Kier alpha value is -3.47. The van der Waals surface area contributed by atoms with E-state index >= 15 is 0 Å². The zero-order valence-electron chi connectivity index (χ0n) is 34.1. The molecule has 4 aliphatic rings. The highest BCUT2D eigenvalue weighted by Gasteiger charge is 2.51. The van der Waals surface area contributed by atoms with Gasteiger partial charge in [-0.15, -0.1) is 0 Å². The molecule has 342 valence electrons. The number of benzene rings is 1. The topological polar surface area (TPSA) is 383 Å². The summed E-state index contributed by atoms with van der Waals surface area (Å²) in [5.41, 5.74) is 26.7. The Morgan fingerprint density at radius 2 is 1.46 bits per heavy atom. The van der Waals surface area contributed by atoms with Gasteiger partial charge in [0.2, 0.25) is 5.91 Å². The Labute approximate surface area is 352 Å². The third kappa shape index (κ3) is 11.0. The highest BCUT2D eigenvalue weighted by atomic mass is 32.2. The van der Waals surface area contributed by atoms with Crippen molar-refractivity contribution in [3.05, 3.63) is 64.1 Å². The molecule has 1 amide bonds. The molecule has 0 spiro atoms. The molecule has 2 saturated heterocycles. The number of rotatable bonds is 11. The number of aliphatic hydroxyl groups is 7. The lowest BCUT2D eigenvalue weighted by Crippen LogP contribution is -2.68. The molecule has 4 heterocycles. The summed E-state index contributed by atoms with van der Waals surface area (Å²) in [7, 11) is -3.72. The normalized spacial score (nSPS) is 36.9. The fourth-order valence-electron chi connectivity index (χ4n) is 7.34. The van der Waals surface area contributed by atoms with Gasteiger partial charge in [-0.25, -0.2) is 8.42 Å². The second kappa shape index (κ2) is 20.4. The first-order valence-electron chi connectivity index (χ1n) is 19.6. The van der Waals surface area contributed by atoms with Gasteiger partial charge in [-0.2, -0.15) is 0 Å². The maximum Gasteiger partial charge on any atom is 0.264 e. The first-order valence-corrected chi connectivity index (χ1v) is 21.1. The van der Waals surface area contributed by atoms with E-state index < -0.39 is 108 Å². The predicted molar refractivity (Wildman–Crippen MR) is 216 cm³/mol. The summed E-state index contributed by atoms with van der Waals surface area (Å²) in [6.07, 6.45) is -16.5. The second-order valence-electron chi connectivity index (χ2n) is 15.6. The van der Waals surface area contributed by atoms with Crippen LogP contribution in [0.5, 0.6) is 0 Å². The summed E-state index contributed by atoms with van der Waals surface area (Å²) < 4.78 is 55.2. The Bertz CT molecular complexity index is 1950. The number of aliphatic imine (C=N–C) groups is 1. The summed E-state index contributed by atoms with van der Waals surface area (Å²) >= 11 is 0. The molecule has 1 aliphatic carbocycles. The number of sulfonamides is 1. The number of amidine groups is 1. The van der Waals surface area contributed by atoms with Gasteiger partial charge in [0.1, 0.15) is 89.8 Å². The molecule has 0 radical (unpaired) electrons. The molecule has 0 unspecified atom stereocenters.